The van der Waals surface area contributed by atoms with E-state index in [1.807, 2.05) is 9.80 Å². The van der Waals surface area contributed by atoms with Gasteiger partial charge in [0.05, 0.1) is 26.3 Å². The number of piperazine rings is 1. The number of nitrogens with zero attached hydrogens (tertiary/aromatic N) is 5. The second-order valence-corrected chi connectivity index (χ2v) is 19.6. The Morgan fingerprint density at radius 3 is 0.970 bits per heavy atom. The predicted molar refractivity (Wildman–Crippen MR) is 276 cm³/mol. The van der Waals surface area contributed by atoms with Crippen LogP contribution in [0.4, 0.5) is 0 Å². The SMILES string of the molecule is CCCCCCCCCN(CCCCCCCCC)CCN(CCCCCCCCC)CC(=O)N1CCN(C(=O)CN(CCCC(=O)OCCCCC)CCCC(=O)OCCCCC)CC1. The summed E-state index contributed by atoms with van der Waals surface area (Å²) in [6.45, 7) is 21.2. The first-order valence-electron chi connectivity index (χ1n) is 28.3. The van der Waals surface area contributed by atoms with Gasteiger partial charge in [0.2, 0.25) is 11.8 Å². The highest BCUT2D eigenvalue weighted by Crippen LogP contribution is 2.14. The third-order valence-electron chi connectivity index (χ3n) is 13.4. The average molecular weight is 934 g/mol. The Morgan fingerprint density at radius 1 is 0.333 bits per heavy atom. The van der Waals surface area contributed by atoms with Crippen LogP contribution in [0, 0.1) is 0 Å². The van der Waals surface area contributed by atoms with Gasteiger partial charge >= 0.3 is 11.9 Å². The lowest BCUT2D eigenvalue weighted by Crippen LogP contribution is -2.54. The maximum atomic E-state index is 14.0. The number of esters is 2. The lowest BCUT2D eigenvalue weighted by Gasteiger charge is -2.37. The highest BCUT2D eigenvalue weighted by Gasteiger charge is 2.26. The van der Waals surface area contributed by atoms with Gasteiger partial charge in [-0.3, -0.25) is 29.0 Å². The third-order valence-corrected chi connectivity index (χ3v) is 13.4. The van der Waals surface area contributed by atoms with Crippen molar-refractivity contribution in [1.29, 1.82) is 0 Å². The second-order valence-electron chi connectivity index (χ2n) is 19.6. The van der Waals surface area contributed by atoms with E-state index in [4.69, 9.17) is 9.47 Å². The molecule has 11 nitrogen and oxygen atoms in total. The van der Waals surface area contributed by atoms with Crippen molar-refractivity contribution in [3.8, 4) is 0 Å². The molecule has 0 bridgehead atoms. The van der Waals surface area contributed by atoms with Gasteiger partial charge in [0.25, 0.3) is 0 Å². The van der Waals surface area contributed by atoms with Crippen LogP contribution < -0.4 is 0 Å². The summed E-state index contributed by atoms with van der Waals surface area (Å²) in [6, 6.07) is 0. The topological polar surface area (TPSA) is 103 Å². The van der Waals surface area contributed by atoms with Gasteiger partial charge in [-0.15, -0.1) is 0 Å². The van der Waals surface area contributed by atoms with Crippen LogP contribution in [-0.2, 0) is 28.7 Å². The number of amides is 2. The summed E-state index contributed by atoms with van der Waals surface area (Å²) in [6.07, 6.45) is 35.2. The first kappa shape index (κ1) is 61.8. The van der Waals surface area contributed by atoms with E-state index in [9.17, 15) is 19.2 Å². The second kappa shape index (κ2) is 45.2. The van der Waals surface area contributed by atoms with Crippen molar-refractivity contribution in [1.82, 2.24) is 24.5 Å². The fourth-order valence-corrected chi connectivity index (χ4v) is 8.94. The molecule has 0 aromatic carbocycles. The normalized spacial score (nSPS) is 13.1. The average Bonchev–Trinajstić information content (AvgIpc) is 3.32. The monoisotopic (exact) mass is 934 g/mol. The molecule has 2 amide bonds. The van der Waals surface area contributed by atoms with Crippen molar-refractivity contribution in [2.24, 2.45) is 0 Å². The molecule has 0 N–H and O–H groups in total. The summed E-state index contributed by atoms with van der Waals surface area (Å²) in [5.74, 6) is -0.173. The van der Waals surface area contributed by atoms with Crippen molar-refractivity contribution in [3.63, 3.8) is 0 Å². The van der Waals surface area contributed by atoms with Crippen LogP contribution in [0.15, 0.2) is 0 Å². The van der Waals surface area contributed by atoms with Gasteiger partial charge in [0, 0.05) is 52.1 Å². The summed E-state index contributed by atoms with van der Waals surface area (Å²) in [5, 5.41) is 0. The van der Waals surface area contributed by atoms with Crippen LogP contribution in [0.25, 0.3) is 0 Å². The first-order valence-corrected chi connectivity index (χ1v) is 28.3. The zero-order valence-electron chi connectivity index (χ0n) is 44.2. The third kappa shape index (κ3) is 35.8. The number of unbranched alkanes of at least 4 members (excludes halogenated alkanes) is 22. The maximum Gasteiger partial charge on any atom is 0.305 e. The van der Waals surface area contributed by atoms with Crippen molar-refractivity contribution in [2.75, 3.05) is 98.3 Å². The molecule has 1 fully saturated rings. The number of hydrogen-bond donors (Lipinski definition) is 0. The Morgan fingerprint density at radius 2 is 0.606 bits per heavy atom. The van der Waals surface area contributed by atoms with Crippen molar-refractivity contribution in [3.05, 3.63) is 0 Å². The first-order chi connectivity index (χ1) is 32.3. The fraction of sp³-hybridized carbons (Fsp3) is 0.927. The Bertz CT molecular complexity index is 1100. The van der Waals surface area contributed by atoms with E-state index in [2.05, 4.69) is 49.3 Å². The minimum atomic E-state index is -0.195. The molecule has 66 heavy (non-hydrogen) atoms. The molecule has 0 aliphatic carbocycles. The standard InChI is InChI=1S/C55H107N5O6/c1-6-11-16-19-22-25-28-37-56(38-29-26-23-20-17-12-7-2)42-43-58(39-30-27-24-21-18-13-8-3)51-53(62)60-46-44-59(45-47-60)52(61)50-57(40-33-35-54(63)65-48-31-14-9-4)41-34-36-55(64)66-49-32-15-10-5/h6-51H2,1-5H3. The maximum absolute atomic E-state index is 14.0. The van der Waals surface area contributed by atoms with E-state index in [-0.39, 0.29) is 30.3 Å². The Kier molecular flexibility index (Phi) is 42.3. The molecule has 0 atom stereocenters. The van der Waals surface area contributed by atoms with Gasteiger partial charge in [-0.25, -0.2) is 0 Å². The minimum Gasteiger partial charge on any atom is -0.466 e. The quantitative estimate of drug-likeness (QED) is 0.0436. The summed E-state index contributed by atoms with van der Waals surface area (Å²) < 4.78 is 10.8. The summed E-state index contributed by atoms with van der Waals surface area (Å²) >= 11 is 0. The molecule has 1 aliphatic rings. The number of carbonyl (C=O) groups excluding carboxylic acids is 4. The van der Waals surface area contributed by atoms with Gasteiger partial charge < -0.3 is 24.2 Å². The van der Waals surface area contributed by atoms with E-state index in [0.29, 0.717) is 84.7 Å². The Balaban J connectivity index is 2.84. The van der Waals surface area contributed by atoms with Gasteiger partial charge in [-0.2, -0.15) is 0 Å². The van der Waals surface area contributed by atoms with Gasteiger partial charge in [-0.1, -0.05) is 176 Å². The molecule has 0 aromatic rings. The Labute approximate surface area is 407 Å². The lowest BCUT2D eigenvalue weighted by atomic mass is 10.1. The van der Waals surface area contributed by atoms with Gasteiger partial charge in [-0.05, 0) is 77.7 Å². The number of rotatable bonds is 47. The zero-order chi connectivity index (χ0) is 48.1. The predicted octanol–water partition coefficient (Wildman–Crippen LogP) is 11.8. The minimum absolute atomic E-state index is 0.0361. The van der Waals surface area contributed by atoms with Crippen LogP contribution in [-0.4, -0.2) is 147 Å². The van der Waals surface area contributed by atoms with Gasteiger partial charge in [0.15, 0.2) is 0 Å². The molecule has 0 spiro atoms. The molecule has 1 saturated heterocycles. The molecule has 11 heteroatoms. The summed E-state index contributed by atoms with van der Waals surface area (Å²) in [7, 11) is 0. The van der Waals surface area contributed by atoms with E-state index >= 15 is 0 Å². The highest BCUT2D eigenvalue weighted by molar-refractivity contribution is 5.80. The molecule has 0 radical (unpaired) electrons. The molecular weight excluding hydrogens is 827 g/mol. The zero-order valence-corrected chi connectivity index (χ0v) is 44.2. The lowest BCUT2D eigenvalue weighted by molar-refractivity contribution is -0.144. The number of ether oxygens (including phenoxy) is 2. The van der Waals surface area contributed by atoms with E-state index in [1.54, 1.807) is 0 Å². The number of carbonyl (C=O) groups is 4. The molecule has 1 rings (SSSR count). The molecular formula is C55H107N5O6. The molecule has 0 saturated carbocycles. The summed E-state index contributed by atoms with van der Waals surface area (Å²) in [4.78, 5) is 63.6. The van der Waals surface area contributed by atoms with Crippen molar-refractivity contribution in [2.45, 2.75) is 234 Å². The largest absolute Gasteiger partial charge is 0.466 e. The van der Waals surface area contributed by atoms with Crippen LogP contribution >= 0.6 is 0 Å². The van der Waals surface area contributed by atoms with Crippen LogP contribution in [0.1, 0.15) is 234 Å². The molecule has 0 aromatic heterocycles. The Hall–Kier alpha value is -2.24. The number of hydrogen-bond acceptors (Lipinski definition) is 9. The smallest absolute Gasteiger partial charge is 0.305 e. The van der Waals surface area contributed by atoms with Gasteiger partial charge in [0.1, 0.15) is 0 Å². The van der Waals surface area contributed by atoms with Crippen molar-refractivity contribution >= 4 is 23.8 Å². The molecule has 388 valence electrons. The molecule has 0 unspecified atom stereocenters. The van der Waals surface area contributed by atoms with E-state index in [0.717, 1.165) is 77.7 Å². The highest BCUT2D eigenvalue weighted by atomic mass is 16.5. The van der Waals surface area contributed by atoms with E-state index < -0.39 is 0 Å². The fourth-order valence-electron chi connectivity index (χ4n) is 8.94. The molecule has 1 aliphatic heterocycles. The van der Waals surface area contributed by atoms with Crippen molar-refractivity contribution < 1.29 is 28.7 Å². The van der Waals surface area contributed by atoms with Crippen LogP contribution in [0.2, 0.25) is 0 Å². The van der Waals surface area contributed by atoms with E-state index in [1.165, 1.54) is 128 Å². The van der Waals surface area contributed by atoms with Crippen LogP contribution in [0.5, 0.6) is 0 Å². The molecule has 1 heterocycles. The van der Waals surface area contributed by atoms with Crippen LogP contribution in [0.3, 0.4) is 0 Å². The summed E-state index contributed by atoms with van der Waals surface area (Å²) in [5.41, 5.74) is 0.